The number of hydrogen-bond donors (Lipinski definition) is 2. The summed E-state index contributed by atoms with van der Waals surface area (Å²) < 4.78 is 41.0. The van der Waals surface area contributed by atoms with Crippen molar-refractivity contribution in [3.63, 3.8) is 0 Å². The monoisotopic (exact) mass is 316 g/mol. The van der Waals surface area contributed by atoms with Gasteiger partial charge in [-0.25, -0.2) is 0 Å². The Morgan fingerprint density at radius 2 is 1.86 bits per heavy atom. The molecule has 1 aromatic heterocycles. The zero-order chi connectivity index (χ0) is 15.5. The van der Waals surface area contributed by atoms with Gasteiger partial charge in [-0.1, -0.05) is 10.6 Å². The fraction of sp³-hybridized carbons (Fsp3) is 0.0909. The number of hydrogen-bond acceptors (Lipinski definition) is 5. The summed E-state index contributed by atoms with van der Waals surface area (Å²) >= 11 is 0.811. The lowest BCUT2D eigenvalue weighted by atomic mass is 10.1. The summed E-state index contributed by atoms with van der Waals surface area (Å²) in [5.74, 6) is -1.53. The molecule has 110 valence electrons. The molecule has 21 heavy (non-hydrogen) atoms. The average molecular weight is 316 g/mol. The van der Waals surface area contributed by atoms with Crippen molar-refractivity contribution >= 4 is 23.3 Å². The summed E-state index contributed by atoms with van der Waals surface area (Å²) in [6, 6.07) is 3.84. The van der Waals surface area contributed by atoms with Gasteiger partial charge < -0.3 is 0 Å². The minimum atomic E-state index is -4.55. The maximum absolute atomic E-state index is 12.5. The van der Waals surface area contributed by atoms with Gasteiger partial charge >= 0.3 is 6.18 Å². The standard InChI is InChI=1S/C11H7F3N4O2S/c12-11(13,14)7-3-1-2-6(4-7)9(19)16-17-10(20)8-5-15-18-21-8/h1-5H,(H,16,19)(H,17,20). The van der Waals surface area contributed by atoms with E-state index < -0.39 is 23.6 Å². The van der Waals surface area contributed by atoms with E-state index in [2.05, 4.69) is 15.0 Å². The second kappa shape index (κ2) is 5.87. The van der Waals surface area contributed by atoms with Crippen LogP contribution in [0, 0.1) is 0 Å². The number of nitrogens with one attached hydrogen (secondary N) is 2. The number of rotatable bonds is 2. The van der Waals surface area contributed by atoms with Gasteiger partial charge in [0.1, 0.15) is 4.88 Å². The Bertz CT molecular complexity index is 658. The Labute approximate surface area is 120 Å². The predicted octanol–water partition coefficient (Wildman–Crippen LogP) is 1.63. The van der Waals surface area contributed by atoms with Crippen LogP contribution in [0.5, 0.6) is 0 Å². The minimum Gasteiger partial charge on any atom is -0.267 e. The molecule has 1 aromatic carbocycles. The first-order valence-electron chi connectivity index (χ1n) is 5.43. The molecule has 0 aliphatic carbocycles. The first-order valence-corrected chi connectivity index (χ1v) is 6.20. The second-order valence-electron chi connectivity index (χ2n) is 3.77. The molecule has 2 amide bonds. The van der Waals surface area contributed by atoms with Crippen molar-refractivity contribution < 1.29 is 22.8 Å². The number of carbonyl (C=O) groups excluding carboxylic acids is 2. The van der Waals surface area contributed by atoms with Crippen LogP contribution in [0.1, 0.15) is 25.6 Å². The number of halogens is 3. The molecule has 6 nitrogen and oxygen atoms in total. The zero-order valence-electron chi connectivity index (χ0n) is 10.1. The first kappa shape index (κ1) is 14.9. The fourth-order valence-corrected chi connectivity index (χ4v) is 1.76. The number of benzene rings is 1. The van der Waals surface area contributed by atoms with Crippen LogP contribution >= 0.6 is 11.5 Å². The zero-order valence-corrected chi connectivity index (χ0v) is 11.0. The molecular formula is C11H7F3N4O2S. The highest BCUT2D eigenvalue weighted by atomic mass is 32.1. The van der Waals surface area contributed by atoms with Gasteiger partial charge in [0.15, 0.2) is 0 Å². The van der Waals surface area contributed by atoms with Gasteiger partial charge in [0.05, 0.1) is 11.8 Å². The summed E-state index contributed by atoms with van der Waals surface area (Å²) in [7, 11) is 0. The Hall–Kier alpha value is -2.49. The molecule has 0 radical (unpaired) electrons. The Balaban J connectivity index is 2.02. The van der Waals surface area contributed by atoms with E-state index in [0.717, 1.165) is 23.7 Å². The molecule has 0 saturated heterocycles. The average Bonchev–Trinajstić information content (AvgIpc) is 2.98. The van der Waals surface area contributed by atoms with Crippen LogP contribution in [-0.2, 0) is 6.18 Å². The highest BCUT2D eigenvalue weighted by Crippen LogP contribution is 2.29. The molecule has 0 aliphatic heterocycles. The topological polar surface area (TPSA) is 84.0 Å². The van der Waals surface area contributed by atoms with Crippen LogP contribution in [0.4, 0.5) is 13.2 Å². The van der Waals surface area contributed by atoms with E-state index in [1.165, 1.54) is 12.3 Å². The van der Waals surface area contributed by atoms with Crippen LogP contribution in [0.15, 0.2) is 30.5 Å². The number of nitrogens with zero attached hydrogens (tertiary/aromatic N) is 2. The number of aromatic nitrogens is 2. The number of amides is 2. The van der Waals surface area contributed by atoms with Gasteiger partial charge in [-0.3, -0.25) is 20.4 Å². The van der Waals surface area contributed by atoms with E-state index in [9.17, 15) is 22.8 Å². The van der Waals surface area contributed by atoms with E-state index in [1.54, 1.807) is 0 Å². The van der Waals surface area contributed by atoms with Crippen molar-refractivity contribution in [3.8, 4) is 0 Å². The molecule has 1 heterocycles. The van der Waals surface area contributed by atoms with Crippen LogP contribution in [-0.4, -0.2) is 21.4 Å². The summed E-state index contributed by atoms with van der Waals surface area (Å²) in [4.78, 5) is 23.3. The van der Waals surface area contributed by atoms with Crippen LogP contribution in [0.3, 0.4) is 0 Å². The van der Waals surface area contributed by atoms with Crippen molar-refractivity contribution in [2.45, 2.75) is 6.18 Å². The summed E-state index contributed by atoms with van der Waals surface area (Å²) in [5.41, 5.74) is 2.88. The maximum atomic E-state index is 12.5. The Morgan fingerprint density at radius 3 is 2.48 bits per heavy atom. The highest BCUT2D eigenvalue weighted by Gasteiger charge is 2.30. The third-order valence-corrected chi connectivity index (χ3v) is 2.99. The van der Waals surface area contributed by atoms with E-state index in [0.29, 0.717) is 6.07 Å². The van der Waals surface area contributed by atoms with Gasteiger partial charge in [-0.15, -0.1) is 5.10 Å². The molecule has 0 bridgehead atoms. The summed E-state index contributed by atoms with van der Waals surface area (Å²) in [6.07, 6.45) is -3.36. The quantitative estimate of drug-likeness (QED) is 0.825. The molecule has 0 saturated carbocycles. The van der Waals surface area contributed by atoms with Crippen molar-refractivity contribution in [2.24, 2.45) is 0 Å². The number of carbonyl (C=O) groups is 2. The maximum Gasteiger partial charge on any atom is 0.416 e. The molecule has 0 aliphatic rings. The van der Waals surface area contributed by atoms with E-state index in [1.807, 2.05) is 5.43 Å². The molecule has 2 N–H and O–H groups in total. The lowest BCUT2D eigenvalue weighted by Crippen LogP contribution is -2.41. The molecule has 2 rings (SSSR count). The first-order chi connectivity index (χ1) is 9.88. The molecule has 0 unspecified atom stereocenters. The molecular weight excluding hydrogens is 309 g/mol. The molecule has 0 spiro atoms. The number of alkyl halides is 3. The summed E-state index contributed by atoms with van der Waals surface area (Å²) in [5, 5.41) is 3.44. The normalized spacial score (nSPS) is 11.0. The highest BCUT2D eigenvalue weighted by molar-refractivity contribution is 7.07. The van der Waals surface area contributed by atoms with Gasteiger partial charge in [0.25, 0.3) is 11.8 Å². The third-order valence-electron chi connectivity index (χ3n) is 2.33. The van der Waals surface area contributed by atoms with Gasteiger partial charge in [-0.05, 0) is 29.7 Å². The summed E-state index contributed by atoms with van der Waals surface area (Å²) in [6.45, 7) is 0. The Morgan fingerprint density at radius 1 is 1.14 bits per heavy atom. The van der Waals surface area contributed by atoms with Crippen molar-refractivity contribution in [1.82, 2.24) is 20.4 Å². The molecule has 0 atom stereocenters. The smallest absolute Gasteiger partial charge is 0.267 e. The SMILES string of the molecule is O=C(NNC(=O)c1cnns1)c1cccc(C(F)(F)F)c1. The molecule has 2 aromatic rings. The lowest BCUT2D eigenvalue weighted by molar-refractivity contribution is -0.137. The predicted molar refractivity (Wildman–Crippen MR) is 66.3 cm³/mol. The molecule has 0 fully saturated rings. The van der Waals surface area contributed by atoms with E-state index in [4.69, 9.17) is 0 Å². The van der Waals surface area contributed by atoms with Gasteiger partial charge in [0.2, 0.25) is 0 Å². The Kier molecular flexibility index (Phi) is 4.17. The lowest BCUT2D eigenvalue weighted by Gasteiger charge is -2.09. The number of hydrazine groups is 1. The minimum absolute atomic E-state index is 0.152. The molecule has 10 heteroatoms. The van der Waals surface area contributed by atoms with Crippen LogP contribution in [0.25, 0.3) is 0 Å². The van der Waals surface area contributed by atoms with Gasteiger partial charge in [-0.2, -0.15) is 13.2 Å². The van der Waals surface area contributed by atoms with E-state index in [-0.39, 0.29) is 10.4 Å². The largest absolute Gasteiger partial charge is 0.416 e. The third kappa shape index (κ3) is 3.75. The van der Waals surface area contributed by atoms with Crippen LogP contribution < -0.4 is 10.9 Å². The van der Waals surface area contributed by atoms with Crippen LogP contribution in [0.2, 0.25) is 0 Å². The second-order valence-corrected chi connectivity index (χ2v) is 4.55. The van der Waals surface area contributed by atoms with Gasteiger partial charge in [0, 0.05) is 5.56 Å². The van der Waals surface area contributed by atoms with E-state index >= 15 is 0 Å². The van der Waals surface area contributed by atoms with Crippen molar-refractivity contribution in [1.29, 1.82) is 0 Å². The fourth-order valence-electron chi connectivity index (χ4n) is 1.35. The van der Waals surface area contributed by atoms with Crippen molar-refractivity contribution in [2.75, 3.05) is 0 Å². The van der Waals surface area contributed by atoms with Crippen molar-refractivity contribution in [3.05, 3.63) is 46.5 Å².